The Balaban J connectivity index is 1.69. The second-order valence-corrected chi connectivity index (χ2v) is 9.36. The molecule has 0 unspecified atom stereocenters. The molecule has 4 atom stereocenters. The van der Waals surface area contributed by atoms with Gasteiger partial charge in [0.05, 0.1) is 5.92 Å². The van der Waals surface area contributed by atoms with Crippen molar-refractivity contribution in [3.8, 4) is 0 Å². The smallest absolute Gasteiger partial charge is 0.245 e. The highest BCUT2D eigenvalue weighted by atomic mass is 35.5. The van der Waals surface area contributed by atoms with Crippen LogP contribution in [0, 0.1) is 10.1 Å². The van der Waals surface area contributed by atoms with Crippen LogP contribution in [-0.2, 0) is 0 Å². The molecule has 0 saturated carbocycles. The van der Waals surface area contributed by atoms with Crippen molar-refractivity contribution in [3.63, 3.8) is 0 Å². The minimum Gasteiger partial charge on any atom is -0.378 e. The quantitative estimate of drug-likeness (QED) is 0.286. The summed E-state index contributed by atoms with van der Waals surface area (Å²) >= 11 is 6.06. The molecule has 3 aromatic rings. The summed E-state index contributed by atoms with van der Waals surface area (Å²) in [5.74, 6) is -0.784. The largest absolute Gasteiger partial charge is 0.378 e. The third-order valence-corrected chi connectivity index (χ3v) is 7.05. The van der Waals surface area contributed by atoms with Crippen LogP contribution in [0.1, 0.15) is 27.4 Å². The number of fused-ring (bicyclic) bond motifs is 3. The van der Waals surface area contributed by atoms with E-state index in [4.69, 9.17) is 11.6 Å². The zero-order valence-electron chi connectivity index (χ0n) is 18.8. The molecule has 34 heavy (non-hydrogen) atoms. The number of para-hydroxylation sites is 1. The minimum atomic E-state index is -0.976. The minimum absolute atomic E-state index is 0.155. The van der Waals surface area contributed by atoms with Gasteiger partial charge in [-0.15, -0.1) is 0 Å². The van der Waals surface area contributed by atoms with E-state index in [9.17, 15) is 14.9 Å². The number of halogens is 1. The number of carbonyl (C=O) groups is 1. The number of nitro groups is 1. The summed E-state index contributed by atoms with van der Waals surface area (Å²) in [6, 6.07) is 19.9. The summed E-state index contributed by atoms with van der Waals surface area (Å²) in [7, 11) is 3.89. The first-order valence-corrected chi connectivity index (χ1v) is 11.5. The molecule has 0 amide bonds. The third kappa shape index (κ3) is 3.64. The molecule has 172 valence electrons. The first-order chi connectivity index (χ1) is 16.4. The van der Waals surface area contributed by atoms with Gasteiger partial charge in [-0.2, -0.15) is 0 Å². The molecule has 2 heterocycles. The van der Waals surface area contributed by atoms with E-state index in [1.54, 1.807) is 24.3 Å². The number of hydrogen-bond acceptors (Lipinski definition) is 5. The van der Waals surface area contributed by atoms with Gasteiger partial charge in [-0.05, 0) is 53.6 Å². The predicted octanol–water partition coefficient (Wildman–Crippen LogP) is 5.30. The Kier molecular flexibility index (Phi) is 5.62. The molecule has 0 N–H and O–H groups in total. The molecule has 1 fully saturated rings. The number of Topliss-reactive ketones (excluding diaryl/α,β-unsaturated/α-hetero) is 1. The molecule has 0 spiro atoms. The molecule has 5 rings (SSSR count). The highest BCUT2D eigenvalue weighted by Crippen LogP contribution is 2.47. The van der Waals surface area contributed by atoms with Gasteiger partial charge in [-0.25, -0.2) is 0 Å². The standard InChI is InChI=1S/C27H24ClN3O3/c1-29(2)21-14-9-18(10-15-21)24-25(31(33)34)23-16-11-17-5-3-4-6-22(17)30(23)26(24)27(32)19-7-12-20(28)13-8-19/h3-16,23-26H,1-2H3/t23-,24-,25+,26-/m1/s1. The SMILES string of the molecule is CN(C)c1ccc([C@@H]2[C@@H]([N+](=O)[O-])[C@H]3C=Cc4ccccc4N3[C@H]2C(=O)c2ccc(Cl)cc2)cc1. The van der Waals surface area contributed by atoms with Crippen LogP contribution in [0.2, 0.25) is 5.02 Å². The van der Waals surface area contributed by atoms with Crippen molar-refractivity contribution in [3.05, 3.63) is 111 Å². The van der Waals surface area contributed by atoms with E-state index in [0.717, 1.165) is 22.5 Å². The topological polar surface area (TPSA) is 66.7 Å². The lowest BCUT2D eigenvalue weighted by atomic mass is 9.83. The Bertz CT molecular complexity index is 1270. The van der Waals surface area contributed by atoms with Crippen molar-refractivity contribution < 1.29 is 9.72 Å². The molecular weight excluding hydrogens is 450 g/mol. The van der Waals surface area contributed by atoms with Crippen LogP contribution in [0.15, 0.2) is 78.9 Å². The van der Waals surface area contributed by atoms with Crippen LogP contribution >= 0.6 is 11.6 Å². The third-order valence-electron chi connectivity index (χ3n) is 6.80. The Morgan fingerprint density at radius 3 is 2.32 bits per heavy atom. The van der Waals surface area contributed by atoms with E-state index in [-0.39, 0.29) is 10.7 Å². The lowest BCUT2D eigenvalue weighted by Gasteiger charge is -2.34. The molecule has 7 heteroatoms. The van der Waals surface area contributed by atoms with Crippen molar-refractivity contribution in [2.24, 2.45) is 0 Å². The molecule has 2 aliphatic heterocycles. The molecule has 6 nitrogen and oxygen atoms in total. The number of anilines is 2. The first kappa shape index (κ1) is 22.2. The average molecular weight is 474 g/mol. The van der Waals surface area contributed by atoms with E-state index in [2.05, 4.69) is 0 Å². The van der Waals surface area contributed by atoms with Crippen molar-refractivity contribution >= 4 is 34.8 Å². The van der Waals surface area contributed by atoms with E-state index >= 15 is 0 Å². The van der Waals surface area contributed by atoms with Crippen LogP contribution in [0.5, 0.6) is 0 Å². The second-order valence-electron chi connectivity index (χ2n) is 8.92. The molecule has 0 bridgehead atoms. The fourth-order valence-corrected chi connectivity index (χ4v) is 5.34. The summed E-state index contributed by atoms with van der Waals surface area (Å²) in [6.45, 7) is 0. The van der Waals surface area contributed by atoms with Gasteiger partial charge in [0.1, 0.15) is 12.1 Å². The van der Waals surface area contributed by atoms with Gasteiger partial charge in [0.15, 0.2) is 5.78 Å². The Morgan fingerprint density at radius 1 is 1.00 bits per heavy atom. The van der Waals surface area contributed by atoms with Crippen LogP contribution in [0.25, 0.3) is 6.08 Å². The van der Waals surface area contributed by atoms with E-state index in [0.29, 0.717) is 10.6 Å². The molecule has 0 aliphatic carbocycles. The molecule has 3 aromatic carbocycles. The van der Waals surface area contributed by atoms with Crippen LogP contribution in [0.4, 0.5) is 11.4 Å². The second kappa shape index (κ2) is 8.61. The number of nitrogens with zero attached hydrogens (tertiary/aromatic N) is 3. The van der Waals surface area contributed by atoms with Crippen molar-refractivity contribution in [2.75, 3.05) is 23.9 Å². The fraction of sp³-hybridized carbons (Fsp3) is 0.222. The first-order valence-electron chi connectivity index (χ1n) is 11.1. The fourth-order valence-electron chi connectivity index (χ4n) is 5.21. The zero-order chi connectivity index (χ0) is 24.0. The summed E-state index contributed by atoms with van der Waals surface area (Å²) in [6.07, 6.45) is 3.79. The van der Waals surface area contributed by atoms with Crippen molar-refractivity contribution in [1.29, 1.82) is 0 Å². The molecule has 0 radical (unpaired) electrons. The van der Waals surface area contributed by atoms with E-state index in [1.165, 1.54) is 0 Å². The number of hydrogen-bond donors (Lipinski definition) is 0. The Labute approximate surface area is 203 Å². The maximum atomic E-state index is 14.0. The van der Waals surface area contributed by atoms with Crippen LogP contribution in [-0.4, -0.2) is 42.9 Å². The highest BCUT2D eigenvalue weighted by molar-refractivity contribution is 6.30. The number of rotatable bonds is 5. The van der Waals surface area contributed by atoms with Gasteiger partial charge in [-0.1, -0.05) is 54.1 Å². The van der Waals surface area contributed by atoms with Gasteiger partial charge in [0.2, 0.25) is 6.04 Å². The van der Waals surface area contributed by atoms with E-state index in [1.807, 2.05) is 84.6 Å². The summed E-state index contributed by atoms with van der Waals surface area (Å²) in [5.41, 5.74) is 4.03. The Morgan fingerprint density at radius 2 is 1.68 bits per heavy atom. The summed E-state index contributed by atoms with van der Waals surface area (Å²) in [4.78, 5) is 30.2. The van der Waals surface area contributed by atoms with Crippen LogP contribution < -0.4 is 9.80 Å². The maximum absolute atomic E-state index is 14.0. The lowest BCUT2D eigenvalue weighted by molar-refractivity contribution is -0.524. The molecular formula is C27H24ClN3O3. The van der Waals surface area contributed by atoms with Gasteiger partial charge in [0, 0.05) is 41.0 Å². The molecule has 0 aromatic heterocycles. The normalized spacial score (nSPS) is 22.7. The van der Waals surface area contributed by atoms with Crippen LogP contribution in [0.3, 0.4) is 0 Å². The van der Waals surface area contributed by atoms with Gasteiger partial charge in [0.25, 0.3) is 0 Å². The lowest BCUT2D eigenvalue weighted by Crippen LogP contribution is -2.44. The average Bonchev–Trinajstić information content (AvgIpc) is 3.20. The summed E-state index contributed by atoms with van der Waals surface area (Å²) < 4.78 is 0. The number of carbonyl (C=O) groups excluding carboxylic acids is 1. The monoisotopic (exact) mass is 473 g/mol. The number of benzene rings is 3. The highest BCUT2D eigenvalue weighted by Gasteiger charge is 2.58. The van der Waals surface area contributed by atoms with Crippen molar-refractivity contribution in [1.82, 2.24) is 0 Å². The zero-order valence-corrected chi connectivity index (χ0v) is 19.6. The number of ketones is 1. The van der Waals surface area contributed by atoms with Crippen molar-refractivity contribution in [2.45, 2.75) is 24.0 Å². The molecule has 2 aliphatic rings. The maximum Gasteiger partial charge on any atom is 0.245 e. The summed E-state index contributed by atoms with van der Waals surface area (Å²) in [5, 5.41) is 13.0. The van der Waals surface area contributed by atoms with E-state index < -0.39 is 24.0 Å². The Hall–Kier alpha value is -3.64. The van der Waals surface area contributed by atoms with Gasteiger partial charge < -0.3 is 9.80 Å². The van der Waals surface area contributed by atoms with Gasteiger partial charge in [-0.3, -0.25) is 14.9 Å². The predicted molar refractivity (Wildman–Crippen MR) is 136 cm³/mol. The van der Waals surface area contributed by atoms with Gasteiger partial charge >= 0.3 is 0 Å². The molecule has 1 saturated heterocycles.